The molecule has 7 heteroatoms. The molecule has 0 saturated heterocycles. The number of amides is 1. The Morgan fingerprint density at radius 1 is 0.875 bits per heavy atom. The van der Waals surface area contributed by atoms with Crippen LogP contribution in [-0.2, 0) is 19.1 Å². The Balaban J connectivity index is 2.11. The first kappa shape index (κ1) is 22.6. The zero-order chi connectivity index (χ0) is 23.3. The maximum absolute atomic E-state index is 13.2. The zero-order valence-corrected chi connectivity index (χ0v) is 18.3. The maximum atomic E-state index is 13.2. The Bertz CT molecular complexity index is 1160. The van der Waals surface area contributed by atoms with Crippen molar-refractivity contribution in [1.82, 2.24) is 0 Å². The van der Waals surface area contributed by atoms with E-state index in [9.17, 15) is 14.4 Å². The van der Waals surface area contributed by atoms with Crippen LogP contribution in [0.5, 0.6) is 0 Å². The van der Waals surface area contributed by atoms with E-state index in [4.69, 9.17) is 9.47 Å². The van der Waals surface area contributed by atoms with Crippen molar-refractivity contribution >= 4 is 29.2 Å². The molecule has 2 aromatic carbocycles. The van der Waals surface area contributed by atoms with Gasteiger partial charge in [0.25, 0.3) is 5.91 Å². The van der Waals surface area contributed by atoms with Gasteiger partial charge in [0.15, 0.2) is 0 Å². The van der Waals surface area contributed by atoms with Crippen molar-refractivity contribution in [2.75, 3.05) is 24.4 Å². The fourth-order valence-corrected chi connectivity index (χ4v) is 3.30. The topological polar surface area (TPSA) is 84.9 Å². The minimum Gasteiger partial charge on any atom is -0.465 e. The third-order valence-electron chi connectivity index (χ3n) is 5.15. The van der Waals surface area contributed by atoms with E-state index >= 15 is 0 Å². The van der Waals surface area contributed by atoms with Crippen LogP contribution >= 0.6 is 0 Å². The summed E-state index contributed by atoms with van der Waals surface area (Å²) < 4.78 is 9.78. The summed E-state index contributed by atoms with van der Waals surface area (Å²) in [4.78, 5) is 39.8. The minimum absolute atomic E-state index is 0.00842. The smallest absolute Gasteiger partial charge is 0.355 e. The van der Waals surface area contributed by atoms with E-state index in [0.29, 0.717) is 16.9 Å². The normalized spacial score (nSPS) is 12.9. The molecule has 0 saturated carbocycles. The molecule has 0 aromatic heterocycles. The highest BCUT2D eigenvalue weighted by atomic mass is 16.5. The number of carbonyl (C=O) groups excluding carboxylic acids is 3. The highest BCUT2D eigenvalue weighted by Gasteiger charge is 2.29. The van der Waals surface area contributed by atoms with Crippen molar-refractivity contribution in [3.63, 3.8) is 0 Å². The van der Waals surface area contributed by atoms with Gasteiger partial charge in [-0.15, -0.1) is 0 Å². The number of rotatable bonds is 5. The number of carbonyl (C=O) groups is 3. The molecular weight excluding hydrogens is 408 g/mol. The number of para-hydroxylation sites is 1. The summed E-state index contributed by atoms with van der Waals surface area (Å²) in [6, 6.07) is 12.5. The second-order valence-electron chi connectivity index (χ2n) is 7.03. The summed E-state index contributed by atoms with van der Waals surface area (Å²) in [5.74, 6) is -1.80. The van der Waals surface area contributed by atoms with E-state index in [2.05, 4.69) is 5.32 Å². The standard InChI is InChI=1S/C25H24N2O5/c1-16-10-9-13-20(17(16)2)26-23(28)18-11-5-6-14-21(18)27-15-8-7-12-19(24(29)31-3)22(27)25(30)32-4/h5-15H,1-4H3,(H,26,28). The highest BCUT2D eigenvalue weighted by molar-refractivity contribution is 6.11. The van der Waals surface area contributed by atoms with E-state index in [0.717, 1.165) is 11.1 Å². The third kappa shape index (κ3) is 4.46. The Morgan fingerprint density at radius 3 is 2.31 bits per heavy atom. The van der Waals surface area contributed by atoms with Crippen molar-refractivity contribution < 1.29 is 23.9 Å². The molecule has 3 rings (SSSR count). The van der Waals surface area contributed by atoms with Gasteiger partial charge >= 0.3 is 11.9 Å². The first-order valence-corrected chi connectivity index (χ1v) is 9.90. The zero-order valence-electron chi connectivity index (χ0n) is 18.3. The monoisotopic (exact) mass is 432 g/mol. The van der Waals surface area contributed by atoms with E-state index in [1.807, 2.05) is 32.0 Å². The van der Waals surface area contributed by atoms with Crippen LogP contribution in [0.15, 0.2) is 78.2 Å². The van der Waals surface area contributed by atoms with Gasteiger partial charge in [-0.25, -0.2) is 9.59 Å². The lowest BCUT2D eigenvalue weighted by molar-refractivity contribution is -0.139. The predicted octanol–water partition coefficient (Wildman–Crippen LogP) is 4.05. The fourth-order valence-electron chi connectivity index (χ4n) is 3.30. The molecule has 0 spiro atoms. The van der Waals surface area contributed by atoms with Gasteiger partial charge in [-0.05, 0) is 55.3 Å². The molecule has 0 aliphatic carbocycles. The van der Waals surface area contributed by atoms with Gasteiger partial charge in [-0.2, -0.15) is 0 Å². The first-order valence-electron chi connectivity index (χ1n) is 9.90. The van der Waals surface area contributed by atoms with Gasteiger partial charge < -0.3 is 19.7 Å². The lowest BCUT2D eigenvalue weighted by Gasteiger charge is -2.25. The number of hydrogen-bond acceptors (Lipinski definition) is 6. The SMILES string of the molecule is COC(=O)C1=C(C(=O)OC)N(c2ccccc2C(=O)Nc2cccc(C)c2C)C=CC=C1. The van der Waals surface area contributed by atoms with Crippen molar-refractivity contribution in [1.29, 1.82) is 0 Å². The van der Waals surface area contributed by atoms with Gasteiger partial charge in [-0.3, -0.25) is 4.79 Å². The molecule has 0 unspecified atom stereocenters. The fraction of sp³-hybridized carbons (Fsp3) is 0.160. The Kier molecular flexibility index (Phi) is 6.90. The van der Waals surface area contributed by atoms with Crippen LogP contribution in [0.3, 0.4) is 0 Å². The van der Waals surface area contributed by atoms with E-state index in [1.54, 1.807) is 42.6 Å². The molecule has 0 atom stereocenters. The molecule has 32 heavy (non-hydrogen) atoms. The Labute approximate surface area is 186 Å². The quantitative estimate of drug-likeness (QED) is 0.718. The Morgan fingerprint density at radius 2 is 1.59 bits per heavy atom. The molecule has 1 aliphatic heterocycles. The van der Waals surface area contributed by atoms with E-state index in [-0.39, 0.29) is 17.2 Å². The molecule has 164 valence electrons. The van der Waals surface area contributed by atoms with Crippen molar-refractivity contribution in [3.8, 4) is 0 Å². The number of hydrogen-bond donors (Lipinski definition) is 1. The summed E-state index contributed by atoms with van der Waals surface area (Å²) in [5, 5.41) is 2.94. The third-order valence-corrected chi connectivity index (χ3v) is 5.15. The van der Waals surface area contributed by atoms with Crippen LogP contribution in [0.1, 0.15) is 21.5 Å². The molecule has 1 N–H and O–H groups in total. The van der Waals surface area contributed by atoms with Crippen LogP contribution in [0.2, 0.25) is 0 Å². The molecule has 1 heterocycles. The number of nitrogens with one attached hydrogen (secondary N) is 1. The first-order chi connectivity index (χ1) is 15.4. The number of benzene rings is 2. The summed E-state index contributed by atoms with van der Waals surface area (Å²) in [5.41, 5.74) is 3.36. The van der Waals surface area contributed by atoms with Gasteiger partial charge in [0, 0.05) is 11.9 Å². The van der Waals surface area contributed by atoms with Gasteiger partial charge in [0.2, 0.25) is 0 Å². The number of ether oxygens (including phenoxy) is 2. The number of esters is 2. The average molecular weight is 432 g/mol. The van der Waals surface area contributed by atoms with E-state index < -0.39 is 11.9 Å². The minimum atomic E-state index is -0.744. The summed E-state index contributed by atoms with van der Waals surface area (Å²) in [6.45, 7) is 3.90. The van der Waals surface area contributed by atoms with Gasteiger partial charge in [-0.1, -0.05) is 30.3 Å². The van der Waals surface area contributed by atoms with Crippen LogP contribution in [-0.4, -0.2) is 32.1 Å². The number of aryl methyl sites for hydroxylation is 1. The van der Waals surface area contributed by atoms with Crippen LogP contribution < -0.4 is 10.2 Å². The van der Waals surface area contributed by atoms with Crippen LogP contribution in [0.4, 0.5) is 11.4 Å². The molecule has 0 radical (unpaired) electrons. The van der Waals surface area contributed by atoms with Crippen LogP contribution in [0, 0.1) is 13.8 Å². The molecule has 1 aliphatic rings. The van der Waals surface area contributed by atoms with Gasteiger partial charge in [0.05, 0.1) is 31.0 Å². The highest BCUT2D eigenvalue weighted by Crippen LogP contribution is 2.30. The van der Waals surface area contributed by atoms with Crippen molar-refractivity contribution in [2.45, 2.75) is 13.8 Å². The predicted molar refractivity (Wildman–Crippen MR) is 122 cm³/mol. The van der Waals surface area contributed by atoms with Crippen LogP contribution in [0.25, 0.3) is 0 Å². The second kappa shape index (κ2) is 9.78. The molecule has 0 fully saturated rings. The lowest BCUT2D eigenvalue weighted by atomic mass is 10.1. The summed E-state index contributed by atoms with van der Waals surface area (Å²) in [7, 11) is 2.45. The molecular formula is C25H24N2O5. The molecule has 1 amide bonds. The average Bonchev–Trinajstić information content (AvgIpc) is 3.04. The lowest BCUT2D eigenvalue weighted by Crippen LogP contribution is -2.28. The Hall–Kier alpha value is -4.13. The van der Waals surface area contributed by atoms with Crippen molar-refractivity contribution in [3.05, 3.63) is 94.9 Å². The number of nitrogens with zero attached hydrogens (tertiary/aromatic N) is 1. The number of methoxy groups -OCH3 is 2. The summed E-state index contributed by atoms with van der Waals surface area (Å²) >= 11 is 0. The molecule has 7 nitrogen and oxygen atoms in total. The maximum Gasteiger partial charge on any atom is 0.355 e. The largest absolute Gasteiger partial charge is 0.465 e. The van der Waals surface area contributed by atoms with Crippen molar-refractivity contribution in [2.24, 2.45) is 0 Å². The molecule has 0 bridgehead atoms. The van der Waals surface area contributed by atoms with E-state index in [1.165, 1.54) is 25.2 Å². The number of anilines is 2. The second-order valence-corrected chi connectivity index (χ2v) is 7.03. The van der Waals surface area contributed by atoms with Gasteiger partial charge in [0.1, 0.15) is 5.70 Å². The number of allylic oxidation sites excluding steroid dienone is 2. The summed E-state index contributed by atoms with van der Waals surface area (Å²) in [6.07, 6.45) is 6.31. The molecule has 2 aromatic rings.